The van der Waals surface area contributed by atoms with E-state index in [0.717, 1.165) is 6.26 Å². The Balaban J connectivity index is 3.95. The van der Waals surface area contributed by atoms with E-state index < -0.39 is 9.84 Å². The van der Waals surface area contributed by atoms with Gasteiger partial charge in [-0.25, -0.2) is 8.42 Å². The molecule has 0 N–H and O–H groups in total. The second-order valence-electron chi connectivity index (χ2n) is 4.30. The van der Waals surface area contributed by atoms with Crippen LogP contribution in [0.4, 0.5) is 0 Å². The van der Waals surface area contributed by atoms with Crippen molar-refractivity contribution in [1.82, 2.24) is 4.90 Å². The third-order valence-corrected chi connectivity index (χ3v) is 3.58. The van der Waals surface area contributed by atoms with Gasteiger partial charge in [0.2, 0.25) is 5.91 Å². The number of carbonyl (C=O) groups excluding carboxylic acids is 1. The van der Waals surface area contributed by atoms with Crippen LogP contribution in [-0.2, 0) is 24.1 Å². The van der Waals surface area contributed by atoms with E-state index in [1.807, 2.05) is 0 Å². The highest BCUT2D eigenvalue weighted by Gasteiger charge is 2.19. The zero-order valence-electron chi connectivity index (χ0n) is 11.5. The maximum absolute atomic E-state index is 11.7. The number of carbonyl (C=O) groups is 1. The summed E-state index contributed by atoms with van der Waals surface area (Å²) in [7, 11) is 0.107. The Morgan fingerprint density at radius 3 is 2.39 bits per heavy atom. The van der Waals surface area contributed by atoms with Crippen molar-refractivity contribution < 1.29 is 22.7 Å². The van der Waals surface area contributed by atoms with Gasteiger partial charge in [0.05, 0.1) is 32.0 Å². The minimum Gasteiger partial charge on any atom is -0.382 e. The first-order valence-corrected chi connectivity index (χ1v) is 7.84. The van der Waals surface area contributed by atoms with Gasteiger partial charge in [0.25, 0.3) is 0 Å². The van der Waals surface area contributed by atoms with Gasteiger partial charge in [0.15, 0.2) is 0 Å². The van der Waals surface area contributed by atoms with Crippen LogP contribution in [-0.4, -0.2) is 71.3 Å². The molecule has 0 rings (SSSR count). The standard InChI is InChI=1S/C11H23NO5S/c1-10(9-18(4,14)15)12(2)11(13)5-6-17-8-7-16-3/h10H,5-9H2,1-4H3. The van der Waals surface area contributed by atoms with Crippen molar-refractivity contribution in [3.8, 4) is 0 Å². The first-order chi connectivity index (χ1) is 8.28. The lowest BCUT2D eigenvalue weighted by molar-refractivity contribution is -0.132. The number of hydrogen-bond acceptors (Lipinski definition) is 5. The lowest BCUT2D eigenvalue weighted by Gasteiger charge is -2.24. The number of ether oxygens (including phenoxy) is 2. The molecule has 0 saturated carbocycles. The molecular weight excluding hydrogens is 258 g/mol. The summed E-state index contributed by atoms with van der Waals surface area (Å²) in [5, 5.41) is 0. The fourth-order valence-corrected chi connectivity index (χ4v) is 2.48. The Labute approximate surface area is 109 Å². The third kappa shape index (κ3) is 8.43. The lowest BCUT2D eigenvalue weighted by Crippen LogP contribution is -2.39. The molecule has 1 amide bonds. The highest BCUT2D eigenvalue weighted by atomic mass is 32.2. The molecule has 1 atom stereocenters. The smallest absolute Gasteiger partial charge is 0.224 e. The molecule has 0 radical (unpaired) electrons. The number of amides is 1. The zero-order valence-corrected chi connectivity index (χ0v) is 12.3. The molecule has 0 aliphatic carbocycles. The Morgan fingerprint density at radius 2 is 1.89 bits per heavy atom. The number of methoxy groups -OCH3 is 1. The highest BCUT2D eigenvalue weighted by Crippen LogP contribution is 2.02. The second kappa shape index (κ2) is 8.44. The van der Waals surface area contributed by atoms with Gasteiger partial charge in [-0.1, -0.05) is 0 Å². The molecule has 0 bridgehead atoms. The fraction of sp³-hybridized carbons (Fsp3) is 0.909. The molecule has 0 heterocycles. The Hall–Kier alpha value is -0.660. The molecule has 7 heteroatoms. The molecule has 0 spiro atoms. The van der Waals surface area contributed by atoms with Crippen molar-refractivity contribution in [2.45, 2.75) is 19.4 Å². The van der Waals surface area contributed by atoms with Gasteiger partial charge in [0.1, 0.15) is 9.84 Å². The molecule has 0 saturated heterocycles. The summed E-state index contributed by atoms with van der Waals surface area (Å²) < 4.78 is 32.2. The van der Waals surface area contributed by atoms with Crippen molar-refractivity contribution in [2.75, 3.05) is 46.0 Å². The molecule has 0 aromatic carbocycles. The quantitative estimate of drug-likeness (QED) is 0.553. The van der Waals surface area contributed by atoms with Gasteiger partial charge in [-0.05, 0) is 6.92 Å². The molecule has 0 aliphatic heterocycles. The van der Waals surface area contributed by atoms with Crippen LogP contribution in [0.25, 0.3) is 0 Å². The van der Waals surface area contributed by atoms with E-state index in [-0.39, 0.29) is 24.1 Å². The van der Waals surface area contributed by atoms with Crippen molar-refractivity contribution in [2.24, 2.45) is 0 Å². The maximum atomic E-state index is 11.7. The van der Waals surface area contributed by atoms with E-state index in [1.165, 1.54) is 4.90 Å². The lowest BCUT2D eigenvalue weighted by atomic mass is 10.3. The number of nitrogens with zero attached hydrogens (tertiary/aromatic N) is 1. The van der Waals surface area contributed by atoms with Gasteiger partial charge >= 0.3 is 0 Å². The minimum absolute atomic E-state index is 0.0280. The molecule has 18 heavy (non-hydrogen) atoms. The van der Waals surface area contributed by atoms with Crippen molar-refractivity contribution >= 4 is 15.7 Å². The predicted molar refractivity (Wildman–Crippen MR) is 69.3 cm³/mol. The van der Waals surface area contributed by atoms with Gasteiger partial charge in [-0.15, -0.1) is 0 Å². The molecular formula is C11H23NO5S. The molecule has 0 aromatic heterocycles. The average Bonchev–Trinajstić information content (AvgIpc) is 2.25. The summed E-state index contributed by atoms with van der Waals surface area (Å²) in [6.45, 7) is 2.98. The average molecular weight is 281 g/mol. The summed E-state index contributed by atoms with van der Waals surface area (Å²) >= 11 is 0. The van der Waals surface area contributed by atoms with E-state index in [1.54, 1.807) is 21.1 Å². The molecule has 0 fully saturated rings. The van der Waals surface area contributed by atoms with Crippen LogP contribution in [0.3, 0.4) is 0 Å². The van der Waals surface area contributed by atoms with Crippen molar-refractivity contribution in [3.63, 3.8) is 0 Å². The van der Waals surface area contributed by atoms with Gasteiger partial charge in [0, 0.05) is 26.5 Å². The summed E-state index contributed by atoms with van der Waals surface area (Å²) in [4.78, 5) is 13.2. The monoisotopic (exact) mass is 281 g/mol. The van der Waals surface area contributed by atoms with Crippen molar-refractivity contribution in [3.05, 3.63) is 0 Å². The summed E-state index contributed by atoms with van der Waals surface area (Å²) in [5.74, 6) is -0.150. The second-order valence-corrected chi connectivity index (χ2v) is 6.49. The van der Waals surface area contributed by atoms with Crippen LogP contribution >= 0.6 is 0 Å². The number of hydrogen-bond donors (Lipinski definition) is 0. The summed E-state index contributed by atoms with van der Waals surface area (Å²) in [5.41, 5.74) is 0. The van der Waals surface area contributed by atoms with E-state index in [2.05, 4.69) is 0 Å². The van der Waals surface area contributed by atoms with E-state index in [0.29, 0.717) is 19.8 Å². The Morgan fingerprint density at radius 1 is 1.28 bits per heavy atom. The highest BCUT2D eigenvalue weighted by molar-refractivity contribution is 7.90. The third-order valence-electron chi connectivity index (χ3n) is 2.49. The van der Waals surface area contributed by atoms with E-state index in [9.17, 15) is 13.2 Å². The first kappa shape index (κ1) is 17.3. The van der Waals surface area contributed by atoms with Crippen LogP contribution in [0, 0.1) is 0 Å². The molecule has 1 unspecified atom stereocenters. The summed E-state index contributed by atoms with van der Waals surface area (Å²) in [6.07, 6.45) is 1.41. The Kier molecular flexibility index (Phi) is 8.13. The molecule has 0 aromatic rings. The SMILES string of the molecule is COCCOCCC(=O)N(C)C(C)CS(C)(=O)=O. The largest absolute Gasteiger partial charge is 0.382 e. The first-order valence-electron chi connectivity index (χ1n) is 5.78. The van der Waals surface area contributed by atoms with Crippen LogP contribution in [0.1, 0.15) is 13.3 Å². The maximum Gasteiger partial charge on any atom is 0.224 e. The zero-order chi connectivity index (χ0) is 14.2. The molecule has 0 aliphatic rings. The summed E-state index contributed by atoms with van der Waals surface area (Å²) in [6, 6.07) is -0.327. The van der Waals surface area contributed by atoms with Gasteiger partial charge in [-0.3, -0.25) is 4.79 Å². The molecule has 6 nitrogen and oxygen atoms in total. The van der Waals surface area contributed by atoms with Crippen LogP contribution in [0.5, 0.6) is 0 Å². The van der Waals surface area contributed by atoms with Gasteiger partial charge in [-0.2, -0.15) is 0 Å². The fourth-order valence-electron chi connectivity index (χ4n) is 1.38. The number of sulfone groups is 1. The topological polar surface area (TPSA) is 72.9 Å². The van der Waals surface area contributed by atoms with Crippen LogP contribution in [0.15, 0.2) is 0 Å². The Bertz CT molecular complexity index is 341. The normalized spacial score (nSPS) is 13.3. The van der Waals surface area contributed by atoms with Crippen LogP contribution < -0.4 is 0 Å². The van der Waals surface area contributed by atoms with Crippen LogP contribution in [0.2, 0.25) is 0 Å². The predicted octanol–water partition coefficient (Wildman–Crippen LogP) is -0.0690. The number of rotatable bonds is 9. The molecule has 108 valence electrons. The van der Waals surface area contributed by atoms with Crippen molar-refractivity contribution in [1.29, 1.82) is 0 Å². The van der Waals surface area contributed by atoms with E-state index in [4.69, 9.17) is 9.47 Å². The van der Waals surface area contributed by atoms with Gasteiger partial charge < -0.3 is 14.4 Å². The van der Waals surface area contributed by atoms with E-state index >= 15 is 0 Å². The minimum atomic E-state index is -3.08.